The number of halogens is 1. The molecule has 0 amide bonds. The van der Waals surface area contributed by atoms with Gasteiger partial charge >= 0.3 is 0 Å². The topological polar surface area (TPSA) is 44.9 Å². The van der Waals surface area contributed by atoms with Crippen LogP contribution < -0.4 is 0 Å². The van der Waals surface area contributed by atoms with Crippen molar-refractivity contribution in [3.8, 4) is 0 Å². The second kappa shape index (κ2) is 5.37. The number of hydrogen-bond acceptors (Lipinski definition) is 3. The lowest BCUT2D eigenvalue weighted by Gasteiger charge is -2.17. The van der Waals surface area contributed by atoms with Gasteiger partial charge in [0.05, 0.1) is 11.8 Å². The van der Waals surface area contributed by atoms with Gasteiger partial charge in [-0.3, -0.25) is 4.68 Å². The zero-order valence-electron chi connectivity index (χ0n) is 12.3. The summed E-state index contributed by atoms with van der Waals surface area (Å²) in [4.78, 5) is 4.74. The van der Waals surface area contributed by atoms with Crippen molar-refractivity contribution in [1.82, 2.24) is 19.3 Å². The van der Waals surface area contributed by atoms with E-state index in [1.807, 2.05) is 18.7 Å². The normalized spacial score (nSPS) is 23.0. The first-order valence-electron chi connectivity index (χ1n) is 7.18. The third-order valence-corrected chi connectivity index (χ3v) is 4.43. The summed E-state index contributed by atoms with van der Waals surface area (Å²) in [6.07, 6.45) is 2.21. The monoisotopic (exact) mass is 296 g/mol. The van der Waals surface area contributed by atoms with E-state index in [1.54, 1.807) is 0 Å². The Morgan fingerprint density at radius 3 is 2.90 bits per heavy atom. The largest absolute Gasteiger partial charge is 0.378 e. The molecule has 3 rings (SSSR count). The van der Waals surface area contributed by atoms with Crippen molar-refractivity contribution in [2.75, 3.05) is 12.5 Å². The second-order valence-electron chi connectivity index (χ2n) is 5.58. The lowest BCUT2D eigenvalue weighted by molar-refractivity contribution is 0.102. The van der Waals surface area contributed by atoms with Gasteiger partial charge in [-0.05, 0) is 20.3 Å². The maximum atomic E-state index is 5.93. The molecule has 1 aliphatic heterocycles. The number of fused-ring (bicyclic) bond motifs is 1. The van der Waals surface area contributed by atoms with Crippen molar-refractivity contribution in [2.45, 2.75) is 39.3 Å². The summed E-state index contributed by atoms with van der Waals surface area (Å²) in [7, 11) is 1.98. The Kier molecular flexibility index (Phi) is 3.73. The molecule has 0 N–H and O–H groups in total. The van der Waals surface area contributed by atoms with Gasteiger partial charge in [0, 0.05) is 38.4 Å². The van der Waals surface area contributed by atoms with E-state index in [-0.39, 0.29) is 0 Å². The van der Waals surface area contributed by atoms with E-state index in [0.29, 0.717) is 17.9 Å². The van der Waals surface area contributed by atoms with E-state index < -0.39 is 0 Å². The Labute approximate surface area is 123 Å². The standard InChI is InChI=1S/C14H21ClN4O/c1-9-13-14(18(3)17-9)19(12(16-13)4-6-15)8-11-5-7-20-10(11)2/h10-11H,4-8H2,1-3H3. The van der Waals surface area contributed by atoms with Crippen LogP contribution in [0.2, 0.25) is 0 Å². The minimum Gasteiger partial charge on any atom is -0.378 e. The third kappa shape index (κ3) is 2.23. The molecule has 110 valence electrons. The van der Waals surface area contributed by atoms with Gasteiger partial charge in [-0.25, -0.2) is 4.98 Å². The van der Waals surface area contributed by atoms with Crippen molar-refractivity contribution in [3.05, 3.63) is 11.5 Å². The summed E-state index contributed by atoms with van der Waals surface area (Å²) in [5.74, 6) is 2.19. The van der Waals surface area contributed by atoms with Crippen LogP contribution in [0.15, 0.2) is 0 Å². The number of aromatic nitrogens is 4. The summed E-state index contributed by atoms with van der Waals surface area (Å²) in [5.41, 5.74) is 3.08. The Balaban J connectivity index is 2.03. The van der Waals surface area contributed by atoms with Crippen LogP contribution in [-0.4, -0.2) is 37.9 Å². The Morgan fingerprint density at radius 1 is 1.45 bits per heavy atom. The first-order valence-corrected chi connectivity index (χ1v) is 7.71. The molecule has 2 aromatic heterocycles. The number of rotatable bonds is 4. The molecule has 2 aromatic rings. The molecule has 0 bridgehead atoms. The molecule has 0 saturated carbocycles. The maximum Gasteiger partial charge on any atom is 0.158 e. The highest BCUT2D eigenvalue weighted by molar-refractivity contribution is 6.17. The van der Waals surface area contributed by atoms with E-state index in [0.717, 1.165) is 48.7 Å². The molecule has 0 aliphatic carbocycles. The molecular formula is C14H21ClN4O. The quantitative estimate of drug-likeness (QED) is 0.813. The van der Waals surface area contributed by atoms with Crippen LogP contribution in [0.3, 0.4) is 0 Å². The first kappa shape index (κ1) is 13.9. The predicted octanol–water partition coefficient (Wildman–Crippen LogP) is 2.28. The third-order valence-electron chi connectivity index (χ3n) is 4.24. The lowest BCUT2D eigenvalue weighted by atomic mass is 10.0. The minimum atomic E-state index is 0.311. The van der Waals surface area contributed by atoms with Gasteiger partial charge in [-0.1, -0.05) is 0 Å². The molecule has 6 heteroatoms. The highest BCUT2D eigenvalue weighted by Gasteiger charge is 2.27. The summed E-state index contributed by atoms with van der Waals surface area (Å²) in [6.45, 7) is 5.95. The van der Waals surface area contributed by atoms with Gasteiger partial charge in [-0.15, -0.1) is 11.6 Å². The number of ether oxygens (including phenoxy) is 1. The Morgan fingerprint density at radius 2 is 2.25 bits per heavy atom. The first-order chi connectivity index (χ1) is 9.61. The van der Waals surface area contributed by atoms with E-state index in [4.69, 9.17) is 21.3 Å². The smallest absolute Gasteiger partial charge is 0.158 e. The fourth-order valence-electron chi connectivity index (χ4n) is 3.10. The number of alkyl halides is 1. The van der Waals surface area contributed by atoms with Gasteiger partial charge in [0.2, 0.25) is 0 Å². The molecule has 0 aromatic carbocycles. The van der Waals surface area contributed by atoms with Crippen molar-refractivity contribution < 1.29 is 4.74 Å². The number of nitrogens with zero attached hydrogens (tertiary/aromatic N) is 4. The summed E-state index contributed by atoms with van der Waals surface area (Å²) >= 11 is 5.93. The van der Waals surface area contributed by atoms with Crippen LogP contribution in [0, 0.1) is 12.8 Å². The van der Waals surface area contributed by atoms with Gasteiger partial charge < -0.3 is 9.30 Å². The Bertz CT molecular complexity index is 618. The van der Waals surface area contributed by atoms with Crippen LogP contribution in [0.5, 0.6) is 0 Å². The van der Waals surface area contributed by atoms with E-state index >= 15 is 0 Å². The lowest BCUT2D eigenvalue weighted by Crippen LogP contribution is -2.20. The van der Waals surface area contributed by atoms with Crippen molar-refractivity contribution in [1.29, 1.82) is 0 Å². The van der Waals surface area contributed by atoms with Gasteiger partial charge in [0.25, 0.3) is 0 Å². The van der Waals surface area contributed by atoms with Crippen LogP contribution >= 0.6 is 11.6 Å². The van der Waals surface area contributed by atoms with Gasteiger partial charge in [-0.2, -0.15) is 5.10 Å². The molecule has 1 aliphatic rings. The summed E-state index contributed by atoms with van der Waals surface area (Å²) in [5, 5.41) is 4.47. The number of aryl methyl sites for hydroxylation is 3. The fourth-order valence-corrected chi connectivity index (χ4v) is 3.27. The van der Waals surface area contributed by atoms with Crippen molar-refractivity contribution in [2.24, 2.45) is 13.0 Å². The van der Waals surface area contributed by atoms with Crippen molar-refractivity contribution >= 4 is 22.8 Å². The second-order valence-corrected chi connectivity index (χ2v) is 5.96. The molecule has 5 nitrogen and oxygen atoms in total. The molecule has 2 atom stereocenters. The van der Waals surface area contributed by atoms with Crippen LogP contribution in [0.25, 0.3) is 11.2 Å². The molecule has 1 fully saturated rings. The van der Waals surface area contributed by atoms with Crippen molar-refractivity contribution in [3.63, 3.8) is 0 Å². The molecule has 0 radical (unpaired) electrons. The van der Waals surface area contributed by atoms with Gasteiger partial charge in [0.15, 0.2) is 5.65 Å². The van der Waals surface area contributed by atoms with Crippen LogP contribution in [0.4, 0.5) is 0 Å². The summed E-state index contributed by atoms with van der Waals surface area (Å²) < 4.78 is 9.89. The van der Waals surface area contributed by atoms with E-state index in [2.05, 4.69) is 16.6 Å². The molecule has 0 spiro atoms. The SMILES string of the molecule is Cc1nn(C)c2c1nc(CCCl)n2CC1CCOC1C. The highest BCUT2D eigenvalue weighted by Crippen LogP contribution is 2.26. The number of imidazole rings is 1. The molecule has 1 saturated heterocycles. The maximum absolute atomic E-state index is 5.93. The summed E-state index contributed by atoms with van der Waals surface area (Å²) in [6, 6.07) is 0. The molecule has 3 heterocycles. The zero-order valence-corrected chi connectivity index (χ0v) is 13.0. The highest BCUT2D eigenvalue weighted by atomic mass is 35.5. The molecule has 2 unspecified atom stereocenters. The average Bonchev–Trinajstić information content (AvgIpc) is 3.03. The van der Waals surface area contributed by atoms with Gasteiger partial charge in [0.1, 0.15) is 11.3 Å². The molecular weight excluding hydrogens is 276 g/mol. The fraction of sp³-hybridized carbons (Fsp3) is 0.714. The van der Waals surface area contributed by atoms with Crippen LogP contribution in [-0.2, 0) is 24.8 Å². The van der Waals surface area contributed by atoms with E-state index in [9.17, 15) is 0 Å². The minimum absolute atomic E-state index is 0.311. The number of hydrogen-bond donors (Lipinski definition) is 0. The molecule has 20 heavy (non-hydrogen) atoms. The van der Waals surface area contributed by atoms with Crippen LogP contribution in [0.1, 0.15) is 24.9 Å². The Hall–Kier alpha value is -1.07. The predicted molar refractivity (Wildman–Crippen MR) is 79.2 cm³/mol. The van der Waals surface area contributed by atoms with E-state index in [1.165, 1.54) is 0 Å². The average molecular weight is 297 g/mol. The zero-order chi connectivity index (χ0) is 14.3.